The van der Waals surface area contributed by atoms with Crippen LogP contribution in [0.2, 0.25) is 0 Å². The molecule has 0 aliphatic carbocycles. The number of nitrogen functional groups attached to an aromatic ring is 1. The van der Waals surface area contributed by atoms with Gasteiger partial charge in [-0.15, -0.1) is 0 Å². The maximum absolute atomic E-state index is 12.3. The predicted molar refractivity (Wildman–Crippen MR) is 83.1 cm³/mol. The van der Waals surface area contributed by atoms with Crippen molar-refractivity contribution < 1.29 is 9.53 Å². The minimum Gasteiger partial charge on any atom is -0.444 e. The van der Waals surface area contributed by atoms with E-state index in [9.17, 15) is 4.79 Å². The molecule has 1 amide bonds. The Bertz CT molecular complexity index is 640. The number of fused-ring (bicyclic) bond motifs is 1. The van der Waals surface area contributed by atoms with Crippen LogP contribution in [-0.4, -0.2) is 12.6 Å². The molecule has 0 aromatic heterocycles. The molecule has 0 saturated heterocycles. The summed E-state index contributed by atoms with van der Waals surface area (Å²) in [6, 6.07) is 15.3. The van der Waals surface area contributed by atoms with Gasteiger partial charge in [0.15, 0.2) is 0 Å². The molecule has 0 unspecified atom stereocenters. The van der Waals surface area contributed by atoms with Crippen LogP contribution in [0.4, 0.5) is 16.2 Å². The molecule has 1 aliphatic rings. The van der Waals surface area contributed by atoms with Crippen LogP contribution in [0, 0.1) is 0 Å². The first-order valence-corrected chi connectivity index (χ1v) is 7.10. The molecule has 2 N–H and O–H groups in total. The number of aryl methyl sites for hydroxylation is 1. The van der Waals surface area contributed by atoms with E-state index >= 15 is 0 Å². The summed E-state index contributed by atoms with van der Waals surface area (Å²) in [6.07, 6.45) is 1.57. The van der Waals surface area contributed by atoms with Crippen molar-refractivity contribution in [1.82, 2.24) is 0 Å². The number of amides is 1. The van der Waals surface area contributed by atoms with Crippen LogP contribution in [0.15, 0.2) is 48.5 Å². The summed E-state index contributed by atoms with van der Waals surface area (Å²) >= 11 is 0. The second-order valence-electron chi connectivity index (χ2n) is 5.18. The molecule has 3 rings (SSSR count). The molecule has 4 heteroatoms. The number of anilines is 2. The Morgan fingerprint density at radius 3 is 2.81 bits per heavy atom. The lowest BCUT2D eigenvalue weighted by atomic mass is 10.0. The van der Waals surface area contributed by atoms with E-state index in [2.05, 4.69) is 0 Å². The smallest absolute Gasteiger partial charge is 0.414 e. The van der Waals surface area contributed by atoms with Crippen molar-refractivity contribution in [3.8, 4) is 0 Å². The van der Waals surface area contributed by atoms with Gasteiger partial charge in [0, 0.05) is 12.2 Å². The molecule has 2 aromatic rings. The van der Waals surface area contributed by atoms with Gasteiger partial charge in [0.25, 0.3) is 0 Å². The van der Waals surface area contributed by atoms with Crippen molar-refractivity contribution in [2.45, 2.75) is 19.4 Å². The predicted octanol–water partition coefficient (Wildman–Crippen LogP) is 3.36. The van der Waals surface area contributed by atoms with Gasteiger partial charge in [-0.3, -0.25) is 4.90 Å². The summed E-state index contributed by atoms with van der Waals surface area (Å²) < 4.78 is 5.41. The van der Waals surface area contributed by atoms with Gasteiger partial charge in [0.05, 0.1) is 5.69 Å². The van der Waals surface area contributed by atoms with Crippen molar-refractivity contribution >= 4 is 17.5 Å². The number of nitrogens with zero attached hydrogens (tertiary/aromatic N) is 1. The van der Waals surface area contributed by atoms with E-state index in [0.29, 0.717) is 13.2 Å². The molecule has 0 bridgehead atoms. The van der Waals surface area contributed by atoms with Gasteiger partial charge in [0.2, 0.25) is 0 Å². The molecule has 0 atom stereocenters. The lowest BCUT2D eigenvalue weighted by molar-refractivity contribution is 0.146. The van der Waals surface area contributed by atoms with Gasteiger partial charge in [-0.1, -0.05) is 30.3 Å². The van der Waals surface area contributed by atoms with Gasteiger partial charge >= 0.3 is 6.09 Å². The van der Waals surface area contributed by atoms with Crippen LogP contribution < -0.4 is 10.6 Å². The molecular formula is C17H18N2O2. The number of hydrogen-bond acceptors (Lipinski definition) is 3. The van der Waals surface area contributed by atoms with Crippen LogP contribution in [0.5, 0.6) is 0 Å². The highest BCUT2D eigenvalue weighted by atomic mass is 16.6. The SMILES string of the molecule is Nc1ccc2c(c1)CCCN2C(=O)OCc1ccccc1. The van der Waals surface area contributed by atoms with E-state index in [-0.39, 0.29) is 6.09 Å². The molecule has 0 fully saturated rings. The zero-order valence-corrected chi connectivity index (χ0v) is 11.8. The largest absolute Gasteiger partial charge is 0.444 e. The van der Waals surface area contributed by atoms with Gasteiger partial charge in [0.1, 0.15) is 6.61 Å². The maximum atomic E-state index is 12.3. The highest BCUT2D eigenvalue weighted by Gasteiger charge is 2.23. The van der Waals surface area contributed by atoms with Crippen LogP contribution in [0.3, 0.4) is 0 Å². The quantitative estimate of drug-likeness (QED) is 0.859. The number of hydrogen-bond donors (Lipinski definition) is 1. The molecule has 4 nitrogen and oxygen atoms in total. The van der Waals surface area contributed by atoms with E-state index in [1.807, 2.05) is 48.5 Å². The molecule has 1 aliphatic heterocycles. The molecule has 0 spiro atoms. The summed E-state index contributed by atoms with van der Waals surface area (Å²) in [5.74, 6) is 0. The molecule has 0 radical (unpaired) electrons. The first kappa shape index (κ1) is 13.5. The Hall–Kier alpha value is -2.49. The third-order valence-corrected chi connectivity index (χ3v) is 3.65. The highest BCUT2D eigenvalue weighted by molar-refractivity contribution is 5.89. The van der Waals surface area contributed by atoms with Crippen LogP contribution in [-0.2, 0) is 17.8 Å². The number of benzene rings is 2. The number of nitrogens with two attached hydrogens (primary N) is 1. The second-order valence-corrected chi connectivity index (χ2v) is 5.18. The molecule has 21 heavy (non-hydrogen) atoms. The van der Waals surface area contributed by atoms with E-state index in [0.717, 1.165) is 35.3 Å². The van der Waals surface area contributed by atoms with E-state index in [1.165, 1.54) is 0 Å². The maximum Gasteiger partial charge on any atom is 0.414 e. The summed E-state index contributed by atoms with van der Waals surface area (Å²) in [5, 5.41) is 0. The lowest BCUT2D eigenvalue weighted by Crippen LogP contribution is -2.35. The van der Waals surface area contributed by atoms with E-state index < -0.39 is 0 Å². The Morgan fingerprint density at radius 2 is 2.00 bits per heavy atom. The Kier molecular flexibility index (Phi) is 3.77. The highest BCUT2D eigenvalue weighted by Crippen LogP contribution is 2.29. The molecule has 108 valence electrons. The van der Waals surface area contributed by atoms with Gasteiger partial charge in [-0.25, -0.2) is 4.79 Å². The van der Waals surface area contributed by atoms with Crippen LogP contribution in [0.1, 0.15) is 17.5 Å². The fourth-order valence-electron chi connectivity index (χ4n) is 2.60. The van der Waals surface area contributed by atoms with E-state index in [1.54, 1.807) is 4.90 Å². The van der Waals surface area contributed by atoms with Crippen molar-refractivity contribution in [2.24, 2.45) is 0 Å². The number of rotatable bonds is 2. The number of carbonyl (C=O) groups is 1. The van der Waals surface area contributed by atoms with Gasteiger partial charge < -0.3 is 10.5 Å². The third kappa shape index (κ3) is 2.99. The molecule has 0 saturated carbocycles. The average molecular weight is 282 g/mol. The van der Waals surface area contributed by atoms with Gasteiger partial charge in [-0.2, -0.15) is 0 Å². The fraction of sp³-hybridized carbons (Fsp3) is 0.235. The van der Waals surface area contributed by atoms with Gasteiger partial charge in [-0.05, 0) is 42.2 Å². The summed E-state index contributed by atoms with van der Waals surface area (Å²) in [7, 11) is 0. The Balaban J connectivity index is 1.71. The summed E-state index contributed by atoms with van der Waals surface area (Å²) in [5.41, 5.74) is 9.54. The topological polar surface area (TPSA) is 55.6 Å². The first-order chi connectivity index (χ1) is 10.2. The number of carbonyl (C=O) groups excluding carboxylic acids is 1. The fourth-order valence-corrected chi connectivity index (χ4v) is 2.60. The molecule has 2 aromatic carbocycles. The lowest BCUT2D eigenvalue weighted by Gasteiger charge is -2.28. The minimum atomic E-state index is -0.301. The summed E-state index contributed by atoms with van der Waals surface area (Å²) in [6.45, 7) is 0.977. The molecular weight excluding hydrogens is 264 g/mol. The van der Waals surface area contributed by atoms with Crippen molar-refractivity contribution in [3.63, 3.8) is 0 Å². The Labute approximate surface area is 124 Å². The second kappa shape index (κ2) is 5.87. The molecule has 1 heterocycles. The average Bonchev–Trinajstić information content (AvgIpc) is 2.52. The standard InChI is InChI=1S/C17H18N2O2/c18-15-8-9-16-14(11-15)7-4-10-19(16)17(20)21-12-13-5-2-1-3-6-13/h1-3,5-6,8-9,11H,4,7,10,12,18H2. The van der Waals surface area contributed by atoms with Crippen LogP contribution >= 0.6 is 0 Å². The number of ether oxygens (including phenoxy) is 1. The van der Waals surface area contributed by atoms with Crippen molar-refractivity contribution in [2.75, 3.05) is 17.2 Å². The third-order valence-electron chi connectivity index (χ3n) is 3.65. The van der Waals surface area contributed by atoms with Crippen LogP contribution in [0.25, 0.3) is 0 Å². The van der Waals surface area contributed by atoms with Crippen molar-refractivity contribution in [3.05, 3.63) is 59.7 Å². The van der Waals surface area contributed by atoms with Crippen molar-refractivity contribution in [1.29, 1.82) is 0 Å². The normalized spacial score (nSPS) is 13.6. The zero-order chi connectivity index (χ0) is 14.7. The minimum absolute atomic E-state index is 0.292. The van der Waals surface area contributed by atoms with E-state index in [4.69, 9.17) is 10.5 Å². The zero-order valence-electron chi connectivity index (χ0n) is 11.8. The summed E-state index contributed by atoms with van der Waals surface area (Å²) in [4.78, 5) is 14.0. The monoisotopic (exact) mass is 282 g/mol. The Morgan fingerprint density at radius 1 is 1.19 bits per heavy atom. The first-order valence-electron chi connectivity index (χ1n) is 7.10.